The van der Waals surface area contributed by atoms with E-state index in [2.05, 4.69) is 4.98 Å². The van der Waals surface area contributed by atoms with Crippen LogP contribution in [-0.2, 0) is 20.0 Å². The minimum Gasteiger partial charge on any atom is -0.507 e. The lowest BCUT2D eigenvalue weighted by molar-refractivity contribution is 0.429. The largest absolute Gasteiger partial charge is 0.507 e. The Kier molecular flexibility index (Phi) is 8.14. The Morgan fingerprint density at radius 3 is 2.06 bits per heavy atom. The fraction of sp³-hybridized carbons (Fsp3) is 0.348. The summed E-state index contributed by atoms with van der Waals surface area (Å²) in [7, 11) is -7.32. The molecule has 0 radical (unpaired) electrons. The van der Waals surface area contributed by atoms with E-state index in [0.29, 0.717) is 42.3 Å². The number of sulfonamides is 2. The summed E-state index contributed by atoms with van der Waals surface area (Å²) in [6, 6.07) is 9.31. The van der Waals surface area contributed by atoms with Gasteiger partial charge in [-0.25, -0.2) is 21.8 Å². The number of rotatable bonds is 10. The number of benzene rings is 2. The van der Waals surface area contributed by atoms with Gasteiger partial charge in [0.15, 0.2) is 0 Å². The predicted octanol–water partition coefficient (Wildman–Crippen LogP) is 4.23. The highest BCUT2D eigenvalue weighted by atomic mass is 32.2. The zero-order valence-electron chi connectivity index (χ0n) is 19.6. The van der Waals surface area contributed by atoms with Crippen LogP contribution in [0.25, 0.3) is 22.4 Å². The Morgan fingerprint density at radius 1 is 0.853 bits per heavy atom. The third kappa shape index (κ3) is 5.18. The zero-order chi connectivity index (χ0) is 25.1. The van der Waals surface area contributed by atoms with Crippen molar-refractivity contribution in [2.24, 2.45) is 0 Å². The maximum atomic E-state index is 12.8. The highest BCUT2D eigenvalue weighted by Crippen LogP contribution is 2.30. The van der Waals surface area contributed by atoms with Crippen molar-refractivity contribution in [3.63, 3.8) is 0 Å². The molecule has 0 amide bonds. The van der Waals surface area contributed by atoms with E-state index in [0.717, 1.165) is 4.70 Å². The summed E-state index contributed by atoms with van der Waals surface area (Å²) in [5.74, 6) is -0.315. The minimum absolute atomic E-state index is 0.129. The summed E-state index contributed by atoms with van der Waals surface area (Å²) in [6.07, 6.45) is 3.47. The Balaban J connectivity index is 1.88. The van der Waals surface area contributed by atoms with Crippen molar-refractivity contribution in [1.82, 2.24) is 13.6 Å². The lowest BCUT2D eigenvalue weighted by Crippen LogP contribution is -2.30. The van der Waals surface area contributed by atoms with Crippen LogP contribution in [0.2, 0.25) is 0 Å². The molecule has 0 bridgehead atoms. The Hall–Kier alpha value is -2.31. The van der Waals surface area contributed by atoms with E-state index >= 15 is 0 Å². The van der Waals surface area contributed by atoms with Crippen molar-refractivity contribution in [2.45, 2.75) is 37.5 Å². The van der Waals surface area contributed by atoms with Gasteiger partial charge < -0.3 is 5.11 Å². The Labute approximate surface area is 205 Å². The van der Waals surface area contributed by atoms with E-state index in [9.17, 15) is 21.9 Å². The molecule has 0 saturated carbocycles. The number of aromatic nitrogens is 1. The molecule has 3 aromatic rings. The van der Waals surface area contributed by atoms with Gasteiger partial charge in [-0.3, -0.25) is 0 Å². The standard InChI is InChI=1S/C23H29N3O5S3/c1-5-25(6-2)33(28,29)18-11-12-19-21(16-18)32-23(24-19)14-10-17-9-13-22(20(27)15-17)34(30,31)26(7-3)8-4/h9-16,27H,5-8H2,1-4H3/b14-10+. The summed E-state index contributed by atoms with van der Waals surface area (Å²) in [5, 5.41) is 11.0. The summed E-state index contributed by atoms with van der Waals surface area (Å²) >= 11 is 1.35. The quantitative estimate of drug-likeness (QED) is 0.426. The summed E-state index contributed by atoms with van der Waals surface area (Å²) in [6.45, 7) is 8.53. The molecule has 1 N–H and O–H groups in total. The first-order valence-electron chi connectivity index (χ1n) is 11.0. The first-order valence-corrected chi connectivity index (χ1v) is 14.7. The monoisotopic (exact) mass is 523 g/mol. The van der Waals surface area contributed by atoms with Crippen LogP contribution >= 0.6 is 11.3 Å². The van der Waals surface area contributed by atoms with Crippen molar-refractivity contribution in [2.75, 3.05) is 26.2 Å². The van der Waals surface area contributed by atoms with Crippen LogP contribution in [0.1, 0.15) is 38.3 Å². The van der Waals surface area contributed by atoms with Crippen LogP contribution < -0.4 is 0 Å². The van der Waals surface area contributed by atoms with Gasteiger partial charge in [-0.2, -0.15) is 8.61 Å². The van der Waals surface area contributed by atoms with Gasteiger partial charge in [-0.15, -0.1) is 11.3 Å². The van der Waals surface area contributed by atoms with Crippen LogP contribution in [-0.4, -0.2) is 61.7 Å². The van der Waals surface area contributed by atoms with E-state index in [1.807, 2.05) is 0 Å². The van der Waals surface area contributed by atoms with E-state index in [1.54, 1.807) is 64.1 Å². The first-order chi connectivity index (χ1) is 16.1. The molecule has 2 aromatic carbocycles. The molecule has 11 heteroatoms. The molecule has 0 saturated heterocycles. The SMILES string of the molecule is CCN(CC)S(=O)(=O)c1ccc2nc(/C=C/c3ccc(S(=O)(=O)N(CC)CC)c(O)c3)sc2c1. The number of nitrogens with zero attached hydrogens (tertiary/aromatic N) is 3. The number of fused-ring (bicyclic) bond motifs is 1. The van der Waals surface area contributed by atoms with Gasteiger partial charge in [0.25, 0.3) is 0 Å². The van der Waals surface area contributed by atoms with E-state index in [1.165, 1.54) is 32.1 Å². The second-order valence-electron chi connectivity index (χ2n) is 7.42. The molecule has 1 heterocycles. The average Bonchev–Trinajstić information content (AvgIpc) is 3.21. The van der Waals surface area contributed by atoms with Gasteiger partial charge in [0.2, 0.25) is 20.0 Å². The van der Waals surface area contributed by atoms with Crippen LogP contribution in [0, 0.1) is 0 Å². The number of hydrogen-bond donors (Lipinski definition) is 1. The predicted molar refractivity (Wildman–Crippen MR) is 137 cm³/mol. The molecular formula is C23H29N3O5S3. The molecule has 0 aliphatic carbocycles. The maximum Gasteiger partial charge on any atom is 0.246 e. The first kappa shape index (κ1) is 26.3. The summed E-state index contributed by atoms with van der Waals surface area (Å²) in [4.78, 5) is 4.62. The highest BCUT2D eigenvalue weighted by molar-refractivity contribution is 7.89. The molecular weight excluding hydrogens is 494 g/mol. The van der Waals surface area contributed by atoms with Crippen LogP contribution in [0.3, 0.4) is 0 Å². The molecule has 184 valence electrons. The van der Waals surface area contributed by atoms with E-state index in [4.69, 9.17) is 0 Å². The van der Waals surface area contributed by atoms with E-state index in [-0.39, 0.29) is 15.5 Å². The number of phenolic OH excluding ortho intramolecular Hbond substituents is 1. The molecule has 0 aliphatic rings. The molecule has 0 atom stereocenters. The normalized spacial score (nSPS) is 13.0. The van der Waals surface area contributed by atoms with Crippen molar-refractivity contribution in [3.8, 4) is 5.75 Å². The highest BCUT2D eigenvalue weighted by Gasteiger charge is 2.25. The third-order valence-electron chi connectivity index (χ3n) is 5.44. The zero-order valence-corrected chi connectivity index (χ0v) is 22.0. The number of aromatic hydroxyl groups is 1. The molecule has 0 spiro atoms. The smallest absolute Gasteiger partial charge is 0.246 e. The second-order valence-corrected chi connectivity index (χ2v) is 12.3. The fourth-order valence-corrected chi connectivity index (χ4v) is 7.58. The molecule has 0 fully saturated rings. The molecule has 0 unspecified atom stereocenters. The lowest BCUT2D eigenvalue weighted by atomic mass is 10.2. The van der Waals surface area contributed by atoms with Gasteiger partial charge in [-0.1, -0.05) is 39.8 Å². The van der Waals surface area contributed by atoms with Gasteiger partial charge >= 0.3 is 0 Å². The second kappa shape index (κ2) is 10.5. The Bertz CT molecular complexity index is 1400. The molecule has 34 heavy (non-hydrogen) atoms. The van der Waals surface area contributed by atoms with Crippen molar-refractivity contribution < 1.29 is 21.9 Å². The lowest BCUT2D eigenvalue weighted by Gasteiger charge is -2.19. The van der Waals surface area contributed by atoms with Gasteiger partial charge in [0.05, 0.1) is 15.1 Å². The number of hydrogen-bond acceptors (Lipinski definition) is 7. The van der Waals surface area contributed by atoms with Crippen LogP contribution in [0.4, 0.5) is 0 Å². The van der Waals surface area contributed by atoms with Crippen molar-refractivity contribution >= 4 is 53.8 Å². The van der Waals surface area contributed by atoms with Gasteiger partial charge in [0.1, 0.15) is 15.7 Å². The van der Waals surface area contributed by atoms with Gasteiger partial charge in [-0.05, 0) is 42.0 Å². The van der Waals surface area contributed by atoms with Crippen LogP contribution in [0.5, 0.6) is 5.75 Å². The molecule has 3 rings (SSSR count). The maximum absolute atomic E-state index is 12.8. The van der Waals surface area contributed by atoms with E-state index < -0.39 is 20.0 Å². The average molecular weight is 524 g/mol. The van der Waals surface area contributed by atoms with Crippen molar-refractivity contribution in [3.05, 3.63) is 47.0 Å². The topological polar surface area (TPSA) is 108 Å². The summed E-state index contributed by atoms with van der Waals surface area (Å²) < 4.78 is 54.4. The third-order valence-corrected chi connectivity index (χ3v) is 10.6. The van der Waals surface area contributed by atoms with Crippen LogP contribution in [0.15, 0.2) is 46.2 Å². The Morgan fingerprint density at radius 2 is 1.47 bits per heavy atom. The summed E-state index contributed by atoms with van der Waals surface area (Å²) in [5.41, 5.74) is 1.30. The molecule has 1 aromatic heterocycles. The van der Waals surface area contributed by atoms with Gasteiger partial charge in [0, 0.05) is 26.2 Å². The molecule has 8 nitrogen and oxygen atoms in total. The fourth-order valence-electron chi connectivity index (χ4n) is 3.59. The number of phenols is 1. The van der Waals surface area contributed by atoms with Crippen molar-refractivity contribution in [1.29, 1.82) is 0 Å². The minimum atomic E-state index is -3.76. The molecule has 0 aliphatic heterocycles. The number of thiazole rings is 1.